The molecule has 0 amide bonds. The summed E-state index contributed by atoms with van der Waals surface area (Å²) in [6.45, 7) is 0.271. The van der Waals surface area contributed by atoms with E-state index in [1.807, 2.05) is 0 Å². The molecule has 0 fully saturated rings. The molecular formula is C10H12BrClN2O4S. The van der Waals surface area contributed by atoms with Crippen LogP contribution in [0.5, 0.6) is 0 Å². The van der Waals surface area contributed by atoms with Crippen molar-refractivity contribution in [2.45, 2.75) is 11.3 Å². The van der Waals surface area contributed by atoms with Crippen molar-refractivity contribution in [2.24, 2.45) is 0 Å². The topological polar surface area (TPSA) is 80.5 Å². The van der Waals surface area contributed by atoms with E-state index < -0.39 is 20.6 Å². The first-order chi connectivity index (χ1) is 8.80. The molecule has 19 heavy (non-hydrogen) atoms. The van der Waals surface area contributed by atoms with E-state index in [0.29, 0.717) is 11.8 Å². The van der Waals surface area contributed by atoms with E-state index in [1.54, 1.807) is 0 Å². The van der Waals surface area contributed by atoms with Crippen LogP contribution in [-0.4, -0.2) is 36.6 Å². The van der Waals surface area contributed by atoms with E-state index in [1.165, 1.54) is 13.1 Å². The molecule has 6 nitrogen and oxygen atoms in total. The number of benzene rings is 1. The minimum absolute atomic E-state index is 0.119. The monoisotopic (exact) mass is 370 g/mol. The summed E-state index contributed by atoms with van der Waals surface area (Å²) < 4.78 is 25.6. The molecule has 1 aromatic rings. The number of hydrogen-bond acceptors (Lipinski definition) is 4. The fraction of sp³-hybridized carbons (Fsp3) is 0.400. The molecule has 0 spiro atoms. The first kappa shape index (κ1) is 16.4. The highest BCUT2D eigenvalue weighted by Crippen LogP contribution is 2.29. The van der Waals surface area contributed by atoms with Crippen molar-refractivity contribution in [1.29, 1.82) is 0 Å². The van der Waals surface area contributed by atoms with E-state index in [-0.39, 0.29) is 16.5 Å². The summed E-state index contributed by atoms with van der Waals surface area (Å²) in [6, 6.07) is 3.51. The van der Waals surface area contributed by atoms with Crippen LogP contribution in [0.2, 0.25) is 5.02 Å². The molecule has 106 valence electrons. The Bertz CT molecular complexity index is 579. The largest absolute Gasteiger partial charge is 0.290 e. The molecule has 0 heterocycles. The minimum Gasteiger partial charge on any atom is -0.258 e. The van der Waals surface area contributed by atoms with Crippen LogP contribution < -0.4 is 0 Å². The standard InChI is InChI=1S/C10H12BrClN2O4S/c1-13(6-2-5-11)19(17,18)10-4-3-8(12)7-9(10)14(15)16/h3-4,7H,2,5-6H2,1H3. The van der Waals surface area contributed by atoms with Gasteiger partial charge in [-0.3, -0.25) is 10.1 Å². The van der Waals surface area contributed by atoms with E-state index in [9.17, 15) is 18.5 Å². The lowest BCUT2D eigenvalue weighted by Crippen LogP contribution is -2.28. The van der Waals surface area contributed by atoms with Crippen molar-refractivity contribution in [3.63, 3.8) is 0 Å². The van der Waals surface area contributed by atoms with Gasteiger partial charge >= 0.3 is 0 Å². The predicted molar refractivity (Wildman–Crippen MR) is 76.3 cm³/mol. The maximum atomic E-state index is 12.2. The predicted octanol–water partition coefficient (Wildman–Crippen LogP) is 2.65. The van der Waals surface area contributed by atoms with Crippen LogP contribution in [0.3, 0.4) is 0 Å². The number of nitro benzene ring substituents is 1. The van der Waals surface area contributed by atoms with Crippen molar-refractivity contribution in [3.8, 4) is 0 Å². The lowest BCUT2D eigenvalue weighted by Gasteiger charge is -2.16. The third-order valence-electron chi connectivity index (χ3n) is 2.41. The first-order valence-electron chi connectivity index (χ1n) is 5.27. The second-order valence-electron chi connectivity index (χ2n) is 3.74. The molecule has 0 unspecified atom stereocenters. The highest BCUT2D eigenvalue weighted by molar-refractivity contribution is 9.09. The summed E-state index contributed by atoms with van der Waals surface area (Å²) in [4.78, 5) is 9.81. The summed E-state index contributed by atoms with van der Waals surface area (Å²) in [5.41, 5.74) is -0.516. The number of hydrogen-bond donors (Lipinski definition) is 0. The molecule has 0 bridgehead atoms. The number of halogens is 2. The van der Waals surface area contributed by atoms with Crippen LogP contribution in [-0.2, 0) is 10.0 Å². The fourth-order valence-corrected chi connectivity index (χ4v) is 3.18. The first-order valence-corrected chi connectivity index (χ1v) is 8.21. The summed E-state index contributed by atoms with van der Waals surface area (Å²) >= 11 is 8.86. The Hall–Kier alpha value is -0.700. The molecule has 1 rings (SSSR count). The van der Waals surface area contributed by atoms with Gasteiger partial charge in [-0.25, -0.2) is 12.7 Å². The Labute approximate surface area is 124 Å². The molecule has 1 aromatic carbocycles. The quantitative estimate of drug-likeness (QED) is 0.437. The number of sulfonamides is 1. The SMILES string of the molecule is CN(CCCBr)S(=O)(=O)c1ccc(Cl)cc1[N+](=O)[O-]. The number of nitrogens with zero attached hydrogens (tertiary/aromatic N) is 2. The van der Waals surface area contributed by atoms with Gasteiger partial charge in [-0.2, -0.15) is 0 Å². The molecular weight excluding hydrogens is 360 g/mol. The second-order valence-corrected chi connectivity index (χ2v) is 6.98. The summed E-state index contributed by atoms with van der Waals surface area (Å²) in [6.07, 6.45) is 0.608. The molecule has 0 saturated heterocycles. The maximum absolute atomic E-state index is 12.2. The van der Waals surface area contributed by atoms with Crippen LogP contribution in [0.1, 0.15) is 6.42 Å². The molecule has 0 aliphatic rings. The lowest BCUT2D eigenvalue weighted by molar-refractivity contribution is -0.387. The Morgan fingerprint density at radius 2 is 2.11 bits per heavy atom. The number of nitro groups is 1. The Balaban J connectivity index is 3.25. The van der Waals surface area contributed by atoms with Gasteiger partial charge in [0.2, 0.25) is 10.0 Å². The normalized spacial score (nSPS) is 11.8. The fourth-order valence-electron chi connectivity index (χ4n) is 1.42. The zero-order chi connectivity index (χ0) is 14.6. The van der Waals surface area contributed by atoms with Gasteiger partial charge in [-0.05, 0) is 18.6 Å². The zero-order valence-electron chi connectivity index (χ0n) is 10.0. The van der Waals surface area contributed by atoms with Crippen LogP contribution in [0.15, 0.2) is 23.1 Å². The molecule has 0 atom stereocenters. The molecule has 0 aliphatic heterocycles. The lowest BCUT2D eigenvalue weighted by atomic mass is 10.3. The van der Waals surface area contributed by atoms with E-state index in [2.05, 4.69) is 15.9 Å². The van der Waals surface area contributed by atoms with Crippen molar-refractivity contribution in [3.05, 3.63) is 33.3 Å². The van der Waals surface area contributed by atoms with Crippen LogP contribution in [0, 0.1) is 10.1 Å². The maximum Gasteiger partial charge on any atom is 0.290 e. The number of alkyl halides is 1. The van der Waals surface area contributed by atoms with Gasteiger partial charge < -0.3 is 0 Å². The smallest absolute Gasteiger partial charge is 0.258 e. The Morgan fingerprint density at radius 3 is 2.63 bits per heavy atom. The van der Waals surface area contributed by atoms with Gasteiger partial charge in [-0.1, -0.05) is 27.5 Å². The average Bonchev–Trinajstić information content (AvgIpc) is 2.35. The molecule has 0 N–H and O–H groups in total. The van der Waals surface area contributed by atoms with Gasteiger partial charge in [-0.15, -0.1) is 0 Å². The second kappa shape index (κ2) is 6.65. The van der Waals surface area contributed by atoms with Crippen molar-refractivity contribution in [1.82, 2.24) is 4.31 Å². The third-order valence-corrected chi connectivity index (χ3v) is 5.11. The Morgan fingerprint density at radius 1 is 1.47 bits per heavy atom. The van der Waals surface area contributed by atoms with Crippen LogP contribution in [0.25, 0.3) is 0 Å². The van der Waals surface area contributed by atoms with Gasteiger partial charge in [0.05, 0.1) is 4.92 Å². The van der Waals surface area contributed by atoms with E-state index >= 15 is 0 Å². The summed E-state index contributed by atoms with van der Waals surface area (Å²) in [7, 11) is -2.51. The van der Waals surface area contributed by atoms with Crippen LogP contribution >= 0.6 is 27.5 Å². The van der Waals surface area contributed by atoms with Gasteiger partial charge in [0.25, 0.3) is 5.69 Å². The average molecular weight is 372 g/mol. The third kappa shape index (κ3) is 3.88. The number of rotatable bonds is 6. The summed E-state index contributed by atoms with van der Waals surface area (Å²) in [5.74, 6) is 0. The van der Waals surface area contributed by atoms with Crippen LogP contribution in [0.4, 0.5) is 5.69 Å². The van der Waals surface area contributed by atoms with E-state index in [4.69, 9.17) is 11.6 Å². The van der Waals surface area contributed by atoms with Gasteiger partial charge in [0, 0.05) is 30.0 Å². The Kier molecular flexibility index (Phi) is 5.72. The van der Waals surface area contributed by atoms with E-state index in [0.717, 1.165) is 16.4 Å². The molecule has 0 aliphatic carbocycles. The zero-order valence-corrected chi connectivity index (χ0v) is 13.2. The van der Waals surface area contributed by atoms with Crippen molar-refractivity contribution in [2.75, 3.05) is 18.9 Å². The molecule has 0 aromatic heterocycles. The van der Waals surface area contributed by atoms with Gasteiger partial charge in [0.15, 0.2) is 4.90 Å². The highest BCUT2D eigenvalue weighted by Gasteiger charge is 2.29. The highest BCUT2D eigenvalue weighted by atomic mass is 79.9. The minimum atomic E-state index is -3.89. The van der Waals surface area contributed by atoms with Crippen molar-refractivity contribution >= 4 is 43.2 Å². The summed E-state index contributed by atoms with van der Waals surface area (Å²) in [5, 5.41) is 11.7. The van der Waals surface area contributed by atoms with Gasteiger partial charge in [0.1, 0.15) is 0 Å². The van der Waals surface area contributed by atoms with Crippen molar-refractivity contribution < 1.29 is 13.3 Å². The molecule has 9 heteroatoms. The molecule has 0 radical (unpaired) electrons. The molecule has 0 saturated carbocycles.